The number of methoxy groups -OCH3 is 1. The van der Waals surface area contributed by atoms with E-state index in [2.05, 4.69) is 124 Å². The normalized spacial score (nSPS) is 20.7. The first kappa shape index (κ1) is 99.4. The second-order valence-corrected chi connectivity index (χ2v) is 43.7. The molecule has 12 aromatic rings. The van der Waals surface area contributed by atoms with Gasteiger partial charge in [-0.2, -0.15) is 0 Å². The van der Waals surface area contributed by atoms with Crippen LogP contribution in [0.15, 0.2) is 121 Å². The Bertz CT molecular complexity index is 7010. The van der Waals surface area contributed by atoms with Crippen molar-refractivity contribution >= 4 is 166 Å². The molecule has 0 spiro atoms. The van der Waals surface area contributed by atoms with Crippen LogP contribution in [0.1, 0.15) is 286 Å². The van der Waals surface area contributed by atoms with Crippen LogP contribution in [0.3, 0.4) is 0 Å². The molecule has 0 radical (unpaired) electrons. The van der Waals surface area contributed by atoms with Crippen molar-refractivity contribution in [1.82, 2.24) is 57.3 Å². The zero-order valence-corrected chi connectivity index (χ0v) is 83.6. The van der Waals surface area contributed by atoms with Gasteiger partial charge in [-0.15, -0.1) is 0 Å². The molecule has 30 nitrogen and oxygen atoms in total. The number of rotatable bonds is 22. The van der Waals surface area contributed by atoms with E-state index in [4.69, 9.17) is 54.1 Å². The number of allylic oxidation sites excluding steroid dienone is 1. The number of alkyl halides is 1. The van der Waals surface area contributed by atoms with E-state index in [1.807, 2.05) is 139 Å². The minimum atomic E-state index is -1.22. The highest BCUT2D eigenvalue weighted by molar-refractivity contribution is 5.98. The number of hydrogen-bond acceptors (Lipinski definition) is 13. The minimum absolute atomic E-state index is 0.00119. The third-order valence-corrected chi connectivity index (χ3v) is 30.9. The zero-order valence-electron chi connectivity index (χ0n) is 83.6. The fourth-order valence-corrected chi connectivity index (χ4v) is 20.8. The van der Waals surface area contributed by atoms with Crippen molar-refractivity contribution in [3.63, 3.8) is 0 Å². The Balaban J connectivity index is 0.000000117. The van der Waals surface area contributed by atoms with Gasteiger partial charge in [-0.25, -0.2) is 63.4 Å². The van der Waals surface area contributed by atoms with Crippen molar-refractivity contribution in [2.24, 2.45) is 52.3 Å². The van der Waals surface area contributed by atoms with Gasteiger partial charge in [0.2, 0.25) is 65.2 Å². The Morgan fingerprint density at radius 3 is 0.951 bits per heavy atom. The molecule has 6 aromatic carbocycles. The molecule has 10 aliphatic carbocycles. The lowest BCUT2D eigenvalue weighted by Crippen LogP contribution is -2.43. The van der Waals surface area contributed by atoms with Crippen LogP contribution >= 0.6 is 0 Å². The largest absolute Gasteiger partial charge is 0.378 e. The van der Waals surface area contributed by atoms with Crippen molar-refractivity contribution in [3.8, 4) is 0 Å². The summed E-state index contributed by atoms with van der Waals surface area (Å²) in [5, 5.41) is 18.4. The molecule has 0 saturated heterocycles. The number of fused-ring (bicyclic) bond motifs is 8. The Hall–Kier alpha value is -14.1. The molecule has 31 heteroatoms. The third kappa shape index (κ3) is 21.7. The number of aromatic nitrogens is 12. The molecule has 6 heterocycles. The molecule has 10 saturated carbocycles. The number of nitrogens with one attached hydrogen (secondary N) is 6. The molecule has 3 unspecified atom stereocenters. The van der Waals surface area contributed by atoms with Crippen molar-refractivity contribution < 1.29 is 33.1 Å². The van der Waals surface area contributed by atoms with E-state index >= 15 is 0 Å². The van der Waals surface area contributed by atoms with Crippen molar-refractivity contribution in [3.05, 3.63) is 190 Å². The van der Waals surface area contributed by atoms with Crippen LogP contribution in [0.25, 0.3) is 95.3 Å². The van der Waals surface area contributed by atoms with E-state index in [1.165, 1.54) is 77.6 Å². The van der Waals surface area contributed by atoms with Gasteiger partial charge in [-0.05, 0) is 276 Å². The van der Waals surface area contributed by atoms with E-state index in [0.717, 1.165) is 161 Å². The second kappa shape index (κ2) is 41.2. The maximum Gasteiger partial charge on any atom is 0.230 e. The molecular formula is C111H129FN24O6. The lowest BCUT2D eigenvalue weighted by atomic mass is 9.73. The summed E-state index contributed by atoms with van der Waals surface area (Å²) >= 11 is 0. The van der Waals surface area contributed by atoms with Gasteiger partial charge in [-0.1, -0.05) is 105 Å². The summed E-state index contributed by atoms with van der Waals surface area (Å²) in [5.41, 5.74) is 14.0. The molecule has 736 valence electrons. The maximum absolute atomic E-state index is 13.6. The summed E-state index contributed by atoms with van der Waals surface area (Å²) < 4.78 is 31.8. The van der Waals surface area contributed by atoms with Crippen LogP contribution in [0.2, 0.25) is 0 Å². The number of nitrogens with zero attached hydrogens (tertiary/aromatic N) is 18. The van der Waals surface area contributed by atoms with Gasteiger partial charge in [0.05, 0.1) is 118 Å². The standard InChI is InChI=1S/C20H22N4O.C19H22N4.C18H19FN4O.C18H22N4O2.2C18H22N4O/c1-21-14-7-8-17-18(11-14)24(15-3-2-4-15)20(22-17)23-19(25)16-10-12-5-6-13(16)9-12;1-12(15-11-19(15,2)3)21-18-22-16-9-8-13(20-4)10-17(16)23(18)14-6-5-7-14;1-18(19)9-11(10-18)16(24)22-17-21-14-7-6-12(20-2)8-15(14)23(17)13-4-3-5-13;1-18(2,24-4)11-16(23)21-17-20-14-9-8-12(19-3)10-15(14)22(17)13-6-5-7-13;1-18(2,3)11-16(23)21-17-20-14-9-8-12(19-4)10-15(14)22(17)13-6-5-7-13;1-11(2)12(3)17(23)21-18-20-15-9-8-13(19-4)10-16(15)22(18)14-6-5-7-14/h7-8,11-13,15-16H,2-6,9-10H2,(H,22,23,25);8-10,14-15H,1,5-7,11H2,2-3H3,(H,21,22);6-8,11,13H,3-5,9-10H2,1H3,(H,21,22,24);8-10,13H,5-7,11H2,1-2,4H3,(H,20,21,23);8-10,13H,5-7,11H2,1-3H3,(H,20,21,23);8-12,14H,5-7H2,1-3H3,(H,20,21,23)/t;15-;;;;12-/m.1...1/s1. The molecule has 2 bridgehead atoms. The highest BCUT2D eigenvalue weighted by Gasteiger charge is 2.49. The lowest BCUT2D eigenvalue weighted by Gasteiger charge is -2.37. The molecule has 10 fully saturated rings. The predicted molar refractivity (Wildman–Crippen MR) is 556 cm³/mol. The van der Waals surface area contributed by atoms with Crippen LogP contribution in [-0.4, -0.2) is 105 Å². The van der Waals surface area contributed by atoms with E-state index in [1.54, 1.807) is 37.4 Å². The van der Waals surface area contributed by atoms with E-state index in [9.17, 15) is 28.4 Å². The van der Waals surface area contributed by atoms with Crippen LogP contribution in [-0.2, 0) is 28.7 Å². The smallest absolute Gasteiger partial charge is 0.230 e. The Labute approximate surface area is 829 Å². The molecule has 0 aliphatic heterocycles. The maximum atomic E-state index is 13.6. The summed E-state index contributed by atoms with van der Waals surface area (Å²) in [6, 6.07) is 35.4. The van der Waals surface area contributed by atoms with Crippen LogP contribution in [0.5, 0.6) is 0 Å². The van der Waals surface area contributed by atoms with Gasteiger partial charge < -0.3 is 37.5 Å². The first-order valence-corrected chi connectivity index (χ1v) is 50.6. The third-order valence-electron chi connectivity index (χ3n) is 30.9. The highest BCUT2D eigenvalue weighted by atomic mass is 19.1. The summed E-state index contributed by atoms with van der Waals surface area (Å²) in [7, 11) is 1.60. The minimum Gasteiger partial charge on any atom is -0.378 e. The van der Waals surface area contributed by atoms with Crippen molar-refractivity contribution in [2.75, 3.05) is 39.0 Å². The molecule has 6 N–H and O–H groups in total. The van der Waals surface area contributed by atoms with Crippen LogP contribution < -0.4 is 31.9 Å². The number of benzene rings is 6. The number of anilines is 6. The molecule has 10 aliphatic rings. The quantitative estimate of drug-likeness (QED) is 0.0344. The van der Waals surface area contributed by atoms with E-state index < -0.39 is 11.3 Å². The van der Waals surface area contributed by atoms with Crippen molar-refractivity contribution in [2.45, 2.75) is 297 Å². The SMILES string of the molecule is [C-]#[N+]c1ccc2nc(NC(=C)[C@H]3CC3(C)C)n(C3CCC3)c2c1.[C-]#[N+]c1ccc2nc(NC(=O)C3CC(C)(F)C3)n(C3CCC3)c2c1.[C-]#[N+]c1ccc2nc(NC(=O)C3CC4CCC3C4)n(C3CCC3)c2c1.[C-]#[N+]c1ccc2nc(NC(=O)CC(C)(C)C)n(C3CCC3)c2c1.[C-]#[N+]c1ccc2nc(NC(=O)CC(C)(C)OC)n(C3CCC3)c2c1.[C-]#[N+]c1ccc2nc(NC(=O)[C@H](C)C(C)C)n(C3CCC3)c2c1. The number of imidazole rings is 6. The zero-order chi connectivity index (χ0) is 101. The molecule has 5 atom stereocenters. The molecule has 22 rings (SSSR count). The lowest BCUT2D eigenvalue weighted by molar-refractivity contribution is -0.128. The molecular weight excluding hydrogens is 1780 g/mol. The van der Waals surface area contributed by atoms with Gasteiger partial charge in [0, 0.05) is 79.2 Å². The van der Waals surface area contributed by atoms with E-state index in [0.29, 0.717) is 124 Å². The molecule has 142 heavy (non-hydrogen) atoms. The van der Waals surface area contributed by atoms with Gasteiger partial charge in [0.15, 0.2) is 34.1 Å². The Kier molecular flexibility index (Phi) is 28.8. The van der Waals surface area contributed by atoms with E-state index in [-0.39, 0.29) is 77.9 Å². The summed E-state index contributed by atoms with van der Waals surface area (Å²) in [4.78, 5) is 111. The number of carbonyl (C=O) groups is 5. The Morgan fingerprint density at radius 2 is 0.704 bits per heavy atom. The monoisotopic (exact) mass is 1910 g/mol. The van der Waals surface area contributed by atoms with Gasteiger partial charge in [0.25, 0.3) is 0 Å². The predicted octanol–water partition coefficient (Wildman–Crippen LogP) is 27.7. The first-order valence-electron chi connectivity index (χ1n) is 50.6. The van der Waals surface area contributed by atoms with Gasteiger partial charge in [0.1, 0.15) is 5.67 Å². The average molecular weight is 1910 g/mol. The topological polar surface area (TPSA) is 300 Å². The Morgan fingerprint density at radius 1 is 0.415 bits per heavy atom. The average Bonchev–Trinajstić information content (AvgIpc) is 1.60. The molecule has 6 aromatic heterocycles. The fourth-order valence-electron chi connectivity index (χ4n) is 20.8. The molecule has 5 amide bonds. The van der Waals surface area contributed by atoms with Gasteiger partial charge in [-0.3, -0.25) is 50.6 Å². The first-order chi connectivity index (χ1) is 68.0. The van der Waals surface area contributed by atoms with Crippen LogP contribution in [0.4, 0.5) is 74.2 Å². The summed E-state index contributed by atoms with van der Waals surface area (Å²) in [5.74, 6) is 5.67. The number of amides is 5. The number of halogens is 1. The van der Waals surface area contributed by atoms with Gasteiger partial charge >= 0.3 is 0 Å². The summed E-state index contributed by atoms with van der Waals surface area (Å²) in [6.07, 6.45) is 27.6. The number of ether oxygens (including phenoxy) is 1. The highest BCUT2D eigenvalue weighted by Crippen LogP contribution is 2.56. The number of carbonyl (C=O) groups excluding carboxylic acids is 5. The van der Waals surface area contributed by atoms with Crippen molar-refractivity contribution in [1.29, 1.82) is 0 Å². The second-order valence-electron chi connectivity index (χ2n) is 43.7. The summed E-state index contributed by atoms with van der Waals surface area (Å²) in [6.45, 7) is 69.6. The van der Waals surface area contributed by atoms with Crippen LogP contribution in [0, 0.1) is 91.7 Å². The number of hydrogen-bond donors (Lipinski definition) is 6. The fraction of sp³-hybridized carbons (Fsp3) is 0.505.